The van der Waals surface area contributed by atoms with Gasteiger partial charge in [-0.25, -0.2) is 8.78 Å². The molecule has 154 valence electrons. The van der Waals surface area contributed by atoms with Crippen LogP contribution in [-0.2, 0) is 4.79 Å². The first-order valence-corrected chi connectivity index (χ1v) is 9.38. The highest BCUT2D eigenvalue weighted by atomic mass is 19.1. The van der Waals surface area contributed by atoms with Crippen LogP contribution in [0.5, 0.6) is 5.75 Å². The van der Waals surface area contributed by atoms with Gasteiger partial charge in [-0.3, -0.25) is 4.79 Å². The number of benzene rings is 3. The summed E-state index contributed by atoms with van der Waals surface area (Å²) in [6, 6.07) is 17.2. The number of hydrogen-bond donors (Lipinski definition) is 3. The summed E-state index contributed by atoms with van der Waals surface area (Å²) in [7, 11) is 0. The third kappa shape index (κ3) is 5.67. The Morgan fingerprint density at radius 2 is 1.47 bits per heavy atom. The maximum Gasteiger partial charge on any atom is 0.309 e. The van der Waals surface area contributed by atoms with Gasteiger partial charge in [0.05, 0.1) is 12.0 Å². The molecule has 3 rings (SSSR count). The number of carboxylic acid groups (broad SMARTS) is 1. The number of aliphatic carboxylic acids is 1. The van der Waals surface area contributed by atoms with E-state index in [0.29, 0.717) is 11.3 Å². The lowest BCUT2D eigenvalue weighted by atomic mass is 9.89. The molecular formula is C24H21F2NO3. The lowest BCUT2D eigenvalue weighted by molar-refractivity contribution is -0.142. The fourth-order valence-corrected chi connectivity index (χ4v) is 3.13. The number of nitrogens with one attached hydrogen (secondary N) is 1. The molecule has 0 bridgehead atoms. The minimum absolute atomic E-state index is 0.0716. The van der Waals surface area contributed by atoms with Crippen molar-refractivity contribution in [3.05, 3.63) is 102 Å². The predicted molar refractivity (Wildman–Crippen MR) is 112 cm³/mol. The standard InChI is InChI=1S/C24H21F2NO3/c25-18-8-4-16(5-9-18)2-1-3-22(24(29)30)23(17-6-14-21(28)15-7-17)27-20-12-10-19(26)11-13-20/h1-2,4-15,22-23,27-28H,3H2,(H,29,30)/b2-1-/t22-,23-/m1/s1. The van der Waals surface area contributed by atoms with Crippen LogP contribution in [0, 0.1) is 17.6 Å². The molecule has 0 heterocycles. The zero-order chi connectivity index (χ0) is 21.5. The second-order valence-corrected chi connectivity index (χ2v) is 6.85. The molecule has 6 heteroatoms. The zero-order valence-corrected chi connectivity index (χ0v) is 16.0. The Morgan fingerprint density at radius 3 is 2.03 bits per heavy atom. The second kappa shape index (κ2) is 9.69. The highest BCUT2D eigenvalue weighted by molar-refractivity contribution is 5.73. The van der Waals surface area contributed by atoms with E-state index in [1.54, 1.807) is 36.4 Å². The first kappa shape index (κ1) is 21.0. The van der Waals surface area contributed by atoms with Crippen molar-refractivity contribution >= 4 is 17.7 Å². The van der Waals surface area contributed by atoms with Crippen molar-refractivity contribution in [2.24, 2.45) is 5.92 Å². The number of rotatable bonds is 8. The Balaban J connectivity index is 1.86. The Bertz CT molecular complexity index is 1000. The van der Waals surface area contributed by atoms with Gasteiger partial charge in [0.15, 0.2) is 0 Å². The van der Waals surface area contributed by atoms with Crippen LogP contribution in [0.4, 0.5) is 14.5 Å². The number of halogens is 2. The number of carbonyl (C=O) groups is 1. The molecule has 0 aromatic heterocycles. The summed E-state index contributed by atoms with van der Waals surface area (Å²) >= 11 is 0. The van der Waals surface area contributed by atoms with Gasteiger partial charge in [-0.1, -0.05) is 36.4 Å². The first-order valence-electron chi connectivity index (χ1n) is 9.38. The van der Waals surface area contributed by atoms with E-state index in [-0.39, 0.29) is 18.0 Å². The average molecular weight is 409 g/mol. The molecule has 0 saturated carbocycles. The van der Waals surface area contributed by atoms with Gasteiger partial charge in [-0.15, -0.1) is 0 Å². The van der Waals surface area contributed by atoms with Crippen LogP contribution in [0.2, 0.25) is 0 Å². The molecular weight excluding hydrogens is 388 g/mol. The van der Waals surface area contributed by atoms with Crippen LogP contribution < -0.4 is 5.32 Å². The topological polar surface area (TPSA) is 69.6 Å². The molecule has 0 aliphatic rings. The van der Waals surface area contributed by atoms with Gasteiger partial charge < -0.3 is 15.5 Å². The molecule has 0 amide bonds. The summed E-state index contributed by atoms with van der Waals surface area (Å²) in [5.41, 5.74) is 2.00. The summed E-state index contributed by atoms with van der Waals surface area (Å²) in [4.78, 5) is 12.1. The molecule has 0 unspecified atom stereocenters. The molecule has 0 saturated heterocycles. The number of aromatic hydroxyl groups is 1. The van der Waals surface area contributed by atoms with Crippen LogP contribution in [0.15, 0.2) is 78.9 Å². The number of allylic oxidation sites excluding steroid dienone is 1. The molecule has 30 heavy (non-hydrogen) atoms. The van der Waals surface area contributed by atoms with E-state index in [4.69, 9.17) is 0 Å². The van der Waals surface area contributed by atoms with E-state index in [0.717, 1.165) is 5.56 Å². The monoisotopic (exact) mass is 409 g/mol. The summed E-state index contributed by atoms with van der Waals surface area (Å²) in [6.45, 7) is 0. The van der Waals surface area contributed by atoms with Gasteiger partial charge in [-0.2, -0.15) is 0 Å². The van der Waals surface area contributed by atoms with Crippen molar-refractivity contribution in [3.63, 3.8) is 0 Å². The number of carboxylic acids is 1. The van der Waals surface area contributed by atoms with Crippen LogP contribution in [0.3, 0.4) is 0 Å². The number of hydrogen-bond acceptors (Lipinski definition) is 3. The number of anilines is 1. The minimum atomic E-state index is -1.01. The SMILES string of the molecule is O=C(O)[C@H](C/C=C\c1ccc(F)cc1)[C@H](Nc1ccc(F)cc1)c1ccc(O)cc1. The quantitative estimate of drug-likeness (QED) is 0.451. The van der Waals surface area contributed by atoms with Crippen molar-refractivity contribution < 1.29 is 23.8 Å². The molecule has 0 radical (unpaired) electrons. The Labute approximate surface area is 173 Å². The smallest absolute Gasteiger partial charge is 0.309 e. The molecule has 0 aliphatic heterocycles. The highest BCUT2D eigenvalue weighted by Crippen LogP contribution is 2.31. The van der Waals surface area contributed by atoms with Gasteiger partial charge in [0.2, 0.25) is 0 Å². The van der Waals surface area contributed by atoms with Crippen molar-refractivity contribution in [2.75, 3.05) is 5.32 Å². The van der Waals surface area contributed by atoms with Crippen molar-refractivity contribution in [1.29, 1.82) is 0 Å². The van der Waals surface area contributed by atoms with Crippen molar-refractivity contribution in [1.82, 2.24) is 0 Å². The molecule has 0 aliphatic carbocycles. The minimum Gasteiger partial charge on any atom is -0.508 e. The average Bonchev–Trinajstić information content (AvgIpc) is 2.73. The maximum absolute atomic E-state index is 13.2. The normalized spacial score (nSPS) is 13.1. The molecule has 3 N–H and O–H groups in total. The van der Waals surface area contributed by atoms with Crippen LogP contribution in [-0.4, -0.2) is 16.2 Å². The second-order valence-electron chi connectivity index (χ2n) is 6.85. The van der Waals surface area contributed by atoms with E-state index < -0.39 is 23.7 Å². The summed E-state index contributed by atoms with van der Waals surface area (Å²) in [5, 5.41) is 22.6. The van der Waals surface area contributed by atoms with Crippen molar-refractivity contribution in [2.45, 2.75) is 12.5 Å². The third-order valence-corrected chi connectivity index (χ3v) is 4.71. The lowest BCUT2D eigenvalue weighted by Crippen LogP contribution is -2.27. The fraction of sp³-hybridized carbons (Fsp3) is 0.125. The van der Waals surface area contributed by atoms with Gasteiger partial charge in [0.1, 0.15) is 17.4 Å². The molecule has 2 atom stereocenters. The lowest BCUT2D eigenvalue weighted by Gasteiger charge is -2.26. The Hall–Kier alpha value is -3.67. The van der Waals surface area contributed by atoms with Crippen LogP contribution >= 0.6 is 0 Å². The van der Waals surface area contributed by atoms with Gasteiger partial charge >= 0.3 is 5.97 Å². The summed E-state index contributed by atoms with van der Waals surface area (Å²) < 4.78 is 26.3. The van der Waals surface area contributed by atoms with Gasteiger partial charge in [0.25, 0.3) is 0 Å². The number of phenolic OH excluding ortho intramolecular Hbond substituents is 1. The Kier molecular flexibility index (Phi) is 6.80. The Morgan fingerprint density at radius 1 is 0.900 bits per heavy atom. The van der Waals surface area contributed by atoms with E-state index in [1.807, 2.05) is 0 Å². The fourth-order valence-electron chi connectivity index (χ4n) is 3.13. The maximum atomic E-state index is 13.2. The summed E-state index contributed by atoms with van der Waals surface area (Å²) in [5.74, 6) is -2.52. The van der Waals surface area contributed by atoms with E-state index >= 15 is 0 Å². The van der Waals surface area contributed by atoms with Gasteiger partial charge in [-0.05, 0) is 66.1 Å². The van der Waals surface area contributed by atoms with E-state index in [1.165, 1.54) is 48.5 Å². The molecule has 3 aromatic rings. The first-order chi connectivity index (χ1) is 14.4. The largest absolute Gasteiger partial charge is 0.508 e. The zero-order valence-electron chi connectivity index (χ0n) is 16.0. The third-order valence-electron chi connectivity index (χ3n) is 4.71. The highest BCUT2D eigenvalue weighted by Gasteiger charge is 2.28. The summed E-state index contributed by atoms with van der Waals surface area (Å²) in [6.07, 6.45) is 3.67. The van der Waals surface area contributed by atoms with Crippen molar-refractivity contribution in [3.8, 4) is 5.75 Å². The van der Waals surface area contributed by atoms with Crippen LogP contribution in [0.25, 0.3) is 6.08 Å². The molecule has 0 fully saturated rings. The molecule has 3 aromatic carbocycles. The van der Waals surface area contributed by atoms with E-state index in [9.17, 15) is 23.8 Å². The van der Waals surface area contributed by atoms with Gasteiger partial charge in [0, 0.05) is 5.69 Å². The molecule has 0 spiro atoms. The van der Waals surface area contributed by atoms with Crippen LogP contribution in [0.1, 0.15) is 23.6 Å². The predicted octanol–water partition coefficient (Wildman–Crippen LogP) is 5.63. The van der Waals surface area contributed by atoms with E-state index in [2.05, 4.69) is 5.32 Å². The number of phenols is 1. The molecule has 4 nitrogen and oxygen atoms in total.